The monoisotopic (exact) mass is 193 g/mol. The summed E-state index contributed by atoms with van der Waals surface area (Å²) in [7, 11) is 1.52. The molecule has 14 heavy (non-hydrogen) atoms. The van der Waals surface area contributed by atoms with E-state index in [1.807, 2.05) is 0 Å². The Labute approximate surface area is 81.5 Å². The third-order valence-corrected chi connectivity index (χ3v) is 2.31. The lowest BCUT2D eigenvalue weighted by atomic mass is 9.93. The molecule has 4 heteroatoms. The topological polar surface area (TPSA) is 59.4 Å². The van der Waals surface area contributed by atoms with Gasteiger partial charge in [0.1, 0.15) is 0 Å². The zero-order chi connectivity index (χ0) is 10.1. The third-order valence-electron chi connectivity index (χ3n) is 2.31. The van der Waals surface area contributed by atoms with E-state index in [-0.39, 0.29) is 12.2 Å². The highest BCUT2D eigenvalue weighted by molar-refractivity contribution is 5.98. The highest BCUT2D eigenvalue weighted by atomic mass is 16.5. The van der Waals surface area contributed by atoms with Crippen molar-refractivity contribution < 1.29 is 14.6 Å². The number of Topliss-reactive ketones (excluding diaryl/α,β-unsaturated/α-hetero) is 1. The van der Waals surface area contributed by atoms with E-state index in [1.165, 1.54) is 7.11 Å². The number of aliphatic hydroxyl groups is 1. The van der Waals surface area contributed by atoms with Crippen LogP contribution in [0, 0.1) is 0 Å². The number of fused-ring (bicyclic) bond motifs is 1. The summed E-state index contributed by atoms with van der Waals surface area (Å²) in [6.45, 7) is 0. The summed E-state index contributed by atoms with van der Waals surface area (Å²) in [5, 5.41) is 9.39. The Hall–Kier alpha value is -1.42. The van der Waals surface area contributed by atoms with Crippen LogP contribution in [0.5, 0.6) is 5.88 Å². The fourth-order valence-electron chi connectivity index (χ4n) is 1.62. The standard InChI is InChI=1S/C10H11NO3/c1-14-10-3-2-7-8(11-10)4-6(12)5-9(7)13/h2-3,6,12H,4-5H2,1H3. The number of carbonyl (C=O) groups is 1. The number of nitrogens with zero attached hydrogens (tertiary/aromatic N) is 1. The summed E-state index contributed by atoms with van der Waals surface area (Å²) in [5.41, 5.74) is 1.24. The van der Waals surface area contributed by atoms with Gasteiger partial charge in [-0.15, -0.1) is 0 Å². The summed E-state index contributed by atoms with van der Waals surface area (Å²) >= 11 is 0. The van der Waals surface area contributed by atoms with Crippen molar-refractivity contribution in [1.82, 2.24) is 4.98 Å². The maximum absolute atomic E-state index is 11.5. The van der Waals surface area contributed by atoms with Crippen LogP contribution in [0.4, 0.5) is 0 Å². The van der Waals surface area contributed by atoms with Gasteiger partial charge in [0, 0.05) is 24.5 Å². The van der Waals surface area contributed by atoms with E-state index in [9.17, 15) is 9.90 Å². The summed E-state index contributed by atoms with van der Waals surface area (Å²) in [5.74, 6) is 0.430. The van der Waals surface area contributed by atoms with Gasteiger partial charge in [0.05, 0.1) is 18.9 Å². The Kier molecular flexibility index (Phi) is 2.21. The van der Waals surface area contributed by atoms with Crippen LogP contribution >= 0.6 is 0 Å². The largest absolute Gasteiger partial charge is 0.481 e. The number of ketones is 1. The van der Waals surface area contributed by atoms with Gasteiger partial charge in [-0.2, -0.15) is 0 Å². The molecule has 0 aromatic carbocycles. The van der Waals surface area contributed by atoms with Crippen LogP contribution in [0.15, 0.2) is 12.1 Å². The summed E-state index contributed by atoms with van der Waals surface area (Å²) in [4.78, 5) is 15.6. The van der Waals surface area contributed by atoms with E-state index in [0.717, 1.165) is 0 Å². The molecule has 0 amide bonds. The quantitative estimate of drug-likeness (QED) is 0.708. The number of aromatic nitrogens is 1. The molecule has 2 rings (SSSR count). The van der Waals surface area contributed by atoms with Crippen molar-refractivity contribution >= 4 is 5.78 Å². The Bertz CT molecular complexity index is 376. The van der Waals surface area contributed by atoms with Crippen molar-refractivity contribution in [1.29, 1.82) is 0 Å². The second-order valence-corrected chi connectivity index (χ2v) is 3.33. The van der Waals surface area contributed by atoms with E-state index >= 15 is 0 Å². The maximum atomic E-state index is 11.5. The van der Waals surface area contributed by atoms with E-state index in [2.05, 4.69) is 4.98 Å². The first-order valence-corrected chi connectivity index (χ1v) is 4.46. The molecule has 1 N–H and O–H groups in total. The molecule has 1 aliphatic rings. The zero-order valence-electron chi connectivity index (χ0n) is 7.86. The Morgan fingerprint density at radius 1 is 1.50 bits per heavy atom. The first-order valence-electron chi connectivity index (χ1n) is 4.46. The van der Waals surface area contributed by atoms with Crippen molar-refractivity contribution in [3.05, 3.63) is 23.4 Å². The summed E-state index contributed by atoms with van der Waals surface area (Å²) in [6.07, 6.45) is 0.0221. The van der Waals surface area contributed by atoms with E-state index < -0.39 is 6.10 Å². The SMILES string of the molecule is COc1ccc2c(n1)CC(O)CC2=O. The molecule has 1 unspecified atom stereocenters. The van der Waals surface area contributed by atoms with Gasteiger partial charge in [0.15, 0.2) is 5.78 Å². The average molecular weight is 193 g/mol. The highest BCUT2D eigenvalue weighted by Crippen LogP contribution is 2.22. The smallest absolute Gasteiger partial charge is 0.213 e. The van der Waals surface area contributed by atoms with Gasteiger partial charge in [-0.3, -0.25) is 4.79 Å². The average Bonchev–Trinajstić information content (AvgIpc) is 2.16. The molecule has 1 aromatic heterocycles. The number of aliphatic hydroxyl groups excluding tert-OH is 1. The van der Waals surface area contributed by atoms with Crippen LogP contribution in [-0.4, -0.2) is 29.1 Å². The molecular formula is C10H11NO3. The predicted octanol–water partition coefficient (Wildman–Crippen LogP) is 0.580. The molecule has 4 nitrogen and oxygen atoms in total. The fourth-order valence-corrected chi connectivity index (χ4v) is 1.62. The first-order chi connectivity index (χ1) is 6.70. The number of hydrogen-bond acceptors (Lipinski definition) is 4. The number of ether oxygens (including phenoxy) is 1. The molecule has 0 saturated heterocycles. The summed E-state index contributed by atoms with van der Waals surface area (Å²) in [6, 6.07) is 3.36. The Morgan fingerprint density at radius 3 is 3.00 bits per heavy atom. The van der Waals surface area contributed by atoms with Gasteiger partial charge >= 0.3 is 0 Å². The van der Waals surface area contributed by atoms with Gasteiger partial charge in [-0.1, -0.05) is 0 Å². The molecule has 74 valence electrons. The van der Waals surface area contributed by atoms with Crippen molar-refractivity contribution in [2.45, 2.75) is 18.9 Å². The van der Waals surface area contributed by atoms with Crippen molar-refractivity contribution in [3.63, 3.8) is 0 Å². The van der Waals surface area contributed by atoms with E-state index in [0.29, 0.717) is 23.6 Å². The van der Waals surface area contributed by atoms with Crippen LogP contribution in [0.3, 0.4) is 0 Å². The van der Waals surface area contributed by atoms with Gasteiger partial charge in [-0.25, -0.2) is 4.98 Å². The molecule has 1 heterocycles. The van der Waals surface area contributed by atoms with Crippen LogP contribution in [0.1, 0.15) is 22.5 Å². The van der Waals surface area contributed by atoms with Gasteiger partial charge in [0.25, 0.3) is 0 Å². The molecule has 0 spiro atoms. The first kappa shape index (κ1) is 9.15. The molecule has 1 aromatic rings. The molecule has 1 atom stereocenters. The second kappa shape index (κ2) is 3.38. The van der Waals surface area contributed by atoms with Crippen LogP contribution < -0.4 is 4.74 Å². The van der Waals surface area contributed by atoms with E-state index in [4.69, 9.17) is 4.74 Å². The lowest BCUT2D eigenvalue weighted by Gasteiger charge is -2.18. The number of methoxy groups -OCH3 is 1. The van der Waals surface area contributed by atoms with Crippen LogP contribution in [-0.2, 0) is 6.42 Å². The van der Waals surface area contributed by atoms with Crippen molar-refractivity contribution in [2.75, 3.05) is 7.11 Å². The number of rotatable bonds is 1. The minimum Gasteiger partial charge on any atom is -0.481 e. The fraction of sp³-hybridized carbons (Fsp3) is 0.400. The minimum absolute atomic E-state index is 0.0473. The minimum atomic E-state index is -0.602. The third kappa shape index (κ3) is 1.48. The molecule has 0 bridgehead atoms. The van der Waals surface area contributed by atoms with Crippen LogP contribution in [0.25, 0.3) is 0 Å². The van der Waals surface area contributed by atoms with Crippen LogP contribution in [0.2, 0.25) is 0 Å². The molecular weight excluding hydrogens is 182 g/mol. The number of carbonyl (C=O) groups excluding carboxylic acids is 1. The normalized spacial score (nSPS) is 20.4. The van der Waals surface area contributed by atoms with Gasteiger partial charge < -0.3 is 9.84 Å². The number of hydrogen-bond donors (Lipinski definition) is 1. The molecule has 1 aliphatic carbocycles. The second-order valence-electron chi connectivity index (χ2n) is 3.33. The highest BCUT2D eigenvalue weighted by Gasteiger charge is 2.24. The molecule has 0 saturated carbocycles. The molecule has 0 radical (unpaired) electrons. The van der Waals surface area contributed by atoms with Gasteiger partial charge in [-0.05, 0) is 6.07 Å². The summed E-state index contributed by atoms with van der Waals surface area (Å²) < 4.78 is 4.95. The van der Waals surface area contributed by atoms with Crippen molar-refractivity contribution in [2.24, 2.45) is 0 Å². The zero-order valence-corrected chi connectivity index (χ0v) is 7.86. The Balaban J connectivity index is 2.44. The van der Waals surface area contributed by atoms with Crippen molar-refractivity contribution in [3.8, 4) is 5.88 Å². The van der Waals surface area contributed by atoms with E-state index in [1.54, 1.807) is 12.1 Å². The molecule has 0 aliphatic heterocycles. The maximum Gasteiger partial charge on any atom is 0.213 e. The molecule has 0 fully saturated rings. The van der Waals surface area contributed by atoms with Gasteiger partial charge in [0.2, 0.25) is 5.88 Å². The predicted molar refractivity (Wildman–Crippen MR) is 49.4 cm³/mol. The number of pyridine rings is 1. The lowest BCUT2D eigenvalue weighted by Crippen LogP contribution is -2.25. The Morgan fingerprint density at radius 2 is 2.29 bits per heavy atom. The lowest BCUT2D eigenvalue weighted by molar-refractivity contribution is 0.0849.